The van der Waals surface area contributed by atoms with Gasteiger partial charge in [0.05, 0.1) is 17.1 Å². The van der Waals surface area contributed by atoms with Gasteiger partial charge in [-0.1, -0.05) is 103 Å². The number of piperazine rings is 1. The molecule has 1 aromatic heterocycles. The van der Waals surface area contributed by atoms with E-state index in [1.54, 1.807) is 0 Å². The lowest BCUT2D eigenvalue weighted by atomic mass is 9.96. The molecule has 0 spiro atoms. The highest BCUT2D eigenvalue weighted by Gasteiger charge is 2.26. The summed E-state index contributed by atoms with van der Waals surface area (Å²) in [7, 11) is 0. The van der Waals surface area contributed by atoms with Crippen LogP contribution in [0.4, 0.5) is 0 Å². The number of halogens is 1. The Morgan fingerprint density at radius 3 is 1.92 bits per heavy atom. The zero-order valence-corrected chi connectivity index (χ0v) is 22.3. The number of nitrogens with zero attached hydrogens (tertiary/aromatic N) is 4. The zero-order chi connectivity index (χ0) is 25.7. The number of rotatable bonds is 8. The Hall–Kier alpha value is -3.44. The van der Waals surface area contributed by atoms with Crippen molar-refractivity contribution in [2.45, 2.75) is 19.0 Å². The molecule has 0 atom stereocenters. The van der Waals surface area contributed by atoms with Crippen LogP contribution in [0, 0.1) is 0 Å². The van der Waals surface area contributed by atoms with Gasteiger partial charge in [-0.15, -0.1) is 0 Å². The van der Waals surface area contributed by atoms with Gasteiger partial charge in [-0.25, -0.2) is 4.98 Å². The molecule has 5 heteroatoms. The summed E-state index contributed by atoms with van der Waals surface area (Å²) in [5, 5.41) is 0.726. The van der Waals surface area contributed by atoms with E-state index in [2.05, 4.69) is 105 Å². The maximum atomic E-state index is 6.28. The van der Waals surface area contributed by atoms with Crippen LogP contribution in [0.3, 0.4) is 0 Å². The van der Waals surface area contributed by atoms with Gasteiger partial charge in [0.25, 0.3) is 0 Å². The van der Waals surface area contributed by atoms with Gasteiger partial charge in [-0.3, -0.25) is 4.90 Å². The van der Waals surface area contributed by atoms with E-state index in [0.717, 1.165) is 73.1 Å². The molecule has 1 fully saturated rings. The molecule has 1 aliphatic heterocycles. The van der Waals surface area contributed by atoms with Crippen molar-refractivity contribution in [2.24, 2.45) is 0 Å². The minimum Gasteiger partial charge on any atom is -0.324 e. The molecule has 5 aromatic rings. The molecule has 0 N–H and O–H groups in total. The van der Waals surface area contributed by atoms with Crippen molar-refractivity contribution in [1.82, 2.24) is 19.4 Å². The molecule has 38 heavy (non-hydrogen) atoms. The van der Waals surface area contributed by atoms with E-state index in [9.17, 15) is 0 Å². The molecule has 0 saturated carbocycles. The van der Waals surface area contributed by atoms with Crippen LogP contribution in [0.2, 0.25) is 5.02 Å². The second-order valence-corrected chi connectivity index (χ2v) is 10.5. The second-order valence-electron chi connectivity index (χ2n) is 10.0. The first-order valence-corrected chi connectivity index (χ1v) is 13.9. The molecule has 4 nitrogen and oxygen atoms in total. The molecule has 192 valence electrons. The first kappa shape index (κ1) is 24.9. The molecule has 4 aromatic carbocycles. The highest BCUT2D eigenvalue weighted by Crippen LogP contribution is 2.30. The number of hydrogen-bond donors (Lipinski definition) is 0. The summed E-state index contributed by atoms with van der Waals surface area (Å²) in [4.78, 5) is 10.2. The molecule has 1 aliphatic rings. The number of benzene rings is 4. The first-order valence-electron chi connectivity index (χ1n) is 13.5. The lowest BCUT2D eigenvalue weighted by molar-refractivity contribution is 0.108. The van der Waals surface area contributed by atoms with E-state index in [-0.39, 0.29) is 0 Å². The molecule has 0 unspecified atom stereocenters. The Morgan fingerprint density at radius 2 is 1.29 bits per heavy atom. The largest absolute Gasteiger partial charge is 0.324 e. The molecular weight excluding hydrogens is 488 g/mol. The van der Waals surface area contributed by atoms with Gasteiger partial charge >= 0.3 is 0 Å². The predicted molar refractivity (Wildman–Crippen MR) is 158 cm³/mol. The van der Waals surface area contributed by atoms with Crippen LogP contribution in [0.15, 0.2) is 109 Å². The monoisotopic (exact) mass is 520 g/mol. The normalized spacial score (nSPS) is 14.9. The standard InChI is InChI=1S/C33H33ClN4/c34-29-17-18-31-30(25-29)35-33(28-15-8-3-9-16-28)38(31)20-10-19-36-21-23-37(24-22-36)32(26-11-4-1-5-12-26)27-13-6-2-7-14-27/h1-9,11-18,25,32H,10,19-24H2. The van der Waals surface area contributed by atoms with Gasteiger partial charge in [-0.2, -0.15) is 0 Å². The third-order valence-electron chi connectivity index (χ3n) is 7.60. The molecular formula is C33H33ClN4. The van der Waals surface area contributed by atoms with Gasteiger partial charge in [0.15, 0.2) is 0 Å². The maximum absolute atomic E-state index is 6.28. The van der Waals surface area contributed by atoms with Crippen molar-refractivity contribution < 1.29 is 0 Å². The van der Waals surface area contributed by atoms with E-state index in [1.807, 2.05) is 18.2 Å². The second kappa shape index (κ2) is 11.5. The van der Waals surface area contributed by atoms with Crippen molar-refractivity contribution >= 4 is 22.6 Å². The Bertz CT molecular complexity index is 1420. The van der Waals surface area contributed by atoms with E-state index in [1.165, 1.54) is 11.1 Å². The van der Waals surface area contributed by atoms with E-state index < -0.39 is 0 Å². The van der Waals surface area contributed by atoms with Crippen LogP contribution < -0.4 is 0 Å². The number of imidazole rings is 1. The van der Waals surface area contributed by atoms with Gasteiger partial charge in [0.1, 0.15) is 5.82 Å². The van der Waals surface area contributed by atoms with Crippen LogP contribution in [-0.2, 0) is 6.54 Å². The number of aromatic nitrogens is 2. The SMILES string of the molecule is Clc1ccc2c(c1)nc(-c1ccccc1)n2CCCN1CCN(C(c2ccccc2)c2ccccc2)CC1. The van der Waals surface area contributed by atoms with Gasteiger partial charge in [0, 0.05) is 43.3 Å². The molecule has 1 saturated heterocycles. The molecule has 0 radical (unpaired) electrons. The highest BCUT2D eigenvalue weighted by molar-refractivity contribution is 6.31. The summed E-state index contributed by atoms with van der Waals surface area (Å²) in [5.74, 6) is 1.02. The first-order chi connectivity index (χ1) is 18.8. The summed E-state index contributed by atoms with van der Waals surface area (Å²) in [6.07, 6.45) is 1.08. The van der Waals surface area contributed by atoms with E-state index in [0.29, 0.717) is 6.04 Å². The summed E-state index contributed by atoms with van der Waals surface area (Å²) in [6, 6.07) is 38.7. The highest BCUT2D eigenvalue weighted by atomic mass is 35.5. The minimum absolute atomic E-state index is 0.303. The third-order valence-corrected chi connectivity index (χ3v) is 7.84. The molecule has 2 heterocycles. The lowest BCUT2D eigenvalue weighted by Gasteiger charge is -2.40. The van der Waals surface area contributed by atoms with Gasteiger partial charge in [0.2, 0.25) is 0 Å². The minimum atomic E-state index is 0.303. The van der Waals surface area contributed by atoms with E-state index >= 15 is 0 Å². The fourth-order valence-corrected chi connectivity index (χ4v) is 5.89. The Balaban J connectivity index is 1.13. The van der Waals surface area contributed by atoms with Crippen LogP contribution in [0.1, 0.15) is 23.6 Å². The lowest BCUT2D eigenvalue weighted by Crippen LogP contribution is -2.48. The fraction of sp³-hybridized carbons (Fsp3) is 0.242. The summed E-state index contributed by atoms with van der Waals surface area (Å²) < 4.78 is 2.36. The van der Waals surface area contributed by atoms with Gasteiger partial charge < -0.3 is 9.47 Å². The Morgan fingerprint density at radius 1 is 0.684 bits per heavy atom. The van der Waals surface area contributed by atoms with Crippen molar-refractivity contribution in [3.05, 3.63) is 125 Å². The predicted octanol–water partition coefficient (Wildman–Crippen LogP) is 7.15. The molecule has 0 amide bonds. The molecule has 0 aliphatic carbocycles. The van der Waals surface area contributed by atoms with Crippen molar-refractivity contribution in [1.29, 1.82) is 0 Å². The Kier molecular flexibility index (Phi) is 7.54. The zero-order valence-electron chi connectivity index (χ0n) is 21.6. The number of fused-ring (bicyclic) bond motifs is 1. The van der Waals surface area contributed by atoms with Crippen molar-refractivity contribution in [3.63, 3.8) is 0 Å². The topological polar surface area (TPSA) is 24.3 Å². The van der Waals surface area contributed by atoms with Crippen LogP contribution in [0.25, 0.3) is 22.4 Å². The number of hydrogen-bond acceptors (Lipinski definition) is 3. The maximum Gasteiger partial charge on any atom is 0.141 e. The smallest absolute Gasteiger partial charge is 0.141 e. The molecule has 6 rings (SSSR count). The van der Waals surface area contributed by atoms with Crippen LogP contribution >= 0.6 is 11.6 Å². The third kappa shape index (κ3) is 5.39. The average molecular weight is 521 g/mol. The van der Waals surface area contributed by atoms with Crippen LogP contribution in [-0.4, -0.2) is 52.1 Å². The summed E-state index contributed by atoms with van der Waals surface area (Å²) >= 11 is 6.28. The van der Waals surface area contributed by atoms with Crippen LogP contribution in [0.5, 0.6) is 0 Å². The average Bonchev–Trinajstić information content (AvgIpc) is 3.33. The van der Waals surface area contributed by atoms with Gasteiger partial charge in [-0.05, 0) is 42.3 Å². The quantitative estimate of drug-likeness (QED) is 0.217. The van der Waals surface area contributed by atoms with Crippen molar-refractivity contribution in [2.75, 3.05) is 32.7 Å². The summed E-state index contributed by atoms with van der Waals surface area (Å²) in [5.41, 5.74) is 5.98. The molecule has 0 bridgehead atoms. The van der Waals surface area contributed by atoms with E-state index in [4.69, 9.17) is 16.6 Å². The van der Waals surface area contributed by atoms with Crippen molar-refractivity contribution in [3.8, 4) is 11.4 Å². The number of aryl methyl sites for hydroxylation is 1. The Labute approximate surface area is 230 Å². The summed E-state index contributed by atoms with van der Waals surface area (Å²) in [6.45, 7) is 6.31. The fourth-order valence-electron chi connectivity index (χ4n) is 5.72.